The minimum Gasteiger partial charge on any atom is -0.403 e. The molecular formula is C16H41N3. The van der Waals surface area contributed by atoms with Gasteiger partial charge >= 0.3 is 0 Å². The third-order valence-electron chi connectivity index (χ3n) is 0.321. The van der Waals surface area contributed by atoms with E-state index in [1.54, 1.807) is 14.0 Å². The first-order chi connectivity index (χ1) is 8.73. The zero-order chi connectivity index (χ0) is 17.4. The molecule has 19 heavy (non-hydrogen) atoms. The normalized spacial score (nSPS) is 5.37. The zero-order valence-electron chi connectivity index (χ0n) is 15.3. The van der Waals surface area contributed by atoms with Gasteiger partial charge in [0, 0.05) is 7.05 Å². The maximum Gasteiger partial charge on any atom is 0.0883 e. The van der Waals surface area contributed by atoms with Crippen molar-refractivity contribution in [3.05, 3.63) is 36.8 Å². The first-order valence-corrected chi connectivity index (χ1v) is 6.89. The summed E-state index contributed by atoms with van der Waals surface area (Å²) in [6.45, 7) is 27.9. The Morgan fingerprint density at radius 2 is 0.789 bits per heavy atom. The fourth-order valence-corrected chi connectivity index (χ4v) is 0. The lowest BCUT2D eigenvalue weighted by atomic mass is 10.4. The molecular weight excluding hydrogens is 234 g/mol. The Kier molecular flexibility index (Phi) is 104. The van der Waals surface area contributed by atoms with Gasteiger partial charge in [0.1, 0.15) is 0 Å². The molecule has 0 radical (unpaired) electrons. The van der Waals surface area contributed by atoms with Crippen LogP contribution in [0.5, 0.6) is 0 Å². The number of hydrogen-bond acceptors (Lipinski definition) is 3. The van der Waals surface area contributed by atoms with Crippen LogP contribution in [-0.4, -0.2) is 7.05 Å². The van der Waals surface area contributed by atoms with Gasteiger partial charge < -0.3 is 16.8 Å². The van der Waals surface area contributed by atoms with Gasteiger partial charge in [-0.1, -0.05) is 60.3 Å². The summed E-state index contributed by atoms with van der Waals surface area (Å²) in [4.78, 5) is 0. The molecule has 0 aromatic heterocycles. The Bertz CT molecular complexity index is 141. The minimum absolute atomic E-state index is 0.505. The third kappa shape index (κ3) is 9240. The lowest BCUT2D eigenvalue weighted by molar-refractivity contribution is 0.974. The van der Waals surface area contributed by atoms with Crippen LogP contribution in [0.15, 0.2) is 36.8 Å². The Morgan fingerprint density at radius 3 is 0.789 bits per heavy atom. The van der Waals surface area contributed by atoms with Crippen LogP contribution in [0.2, 0.25) is 0 Å². The van der Waals surface area contributed by atoms with Crippen LogP contribution >= 0.6 is 0 Å². The summed E-state index contributed by atoms with van der Waals surface area (Å²) in [7, 11) is 1.72. The molecule has 0 fully saturated rings. The lowest BCUT2D eigenvalue weighted by Crippen LogP contribution is -2.11. The molecule has 0 atom stereocenters. The highest BCUT2D eigenvalue weighted by molar-refractivity contribution is 4.79. The van der Waals surface area contributed by atoms with Gasteiger partial charge in [0.2, 0.25) is 0 Å². The molecule has 0 aromatic carbocycles. The number of nitrogens with one attached hydrogen (secondary N) is 1. The highest BCUT2D eigenvalue weighted by Gasteiger charge is 1.62. The van der Waals surface area contributed by atoms with Crippen LogP contribution in [-0.2, 0) is 0 Å². The van der Waals surface area contributed by atoms with E-state index in [0.717, 1.165) is 0 Å². The smallest absolute Gasteiger partial charge is 0.0883 e. The predicted octanol–water partition coefficient (Wildman–Crippen LogP) is 4.78. The molecule has 0 amide bonds. The largest absolute Gasteiger partial charge is 0.403 e. The van der Waals surface area contributed by atoms with Gasteiger partial charge in [-0.2, -0.15) is 0 Å². The molecule has 0 spiro atoms. The van der Waals surface area contributed by atoms with Crippen LogP contribution in [0.1, 0.15) is 62.3 Å². The zero-order valence-corrected chi connectivity index (χ0v) is 15.3. The monoisotopic (exact) mass is 275 g/mol. The standard InChI is InChI=1S/C4H8.C3H8N2.C3H7N.3C2H6/c1-4(2)3;1-3(4)5-2;1-3(2)4;3*1-2/h1H2,2-3H3;5H,1,4H2,2H3;1,4H2,2H3;3*1-2H3. The Morgan fingerprint density at radius 1 is 0.737 bits per heavy atom. The summed E-state index contributed by atoms with van der Waals surface area (Å²) in [5.74, 6) is 0.505. The van der Waals surface area contributed by atoms with Crippen molar-refractivity contribution < 1.29 is 0 Å². The molecule has 0 aliphatic carbocycles. The molecule has 0 bridgehead atoms. The van der Waals surface area contributed by atoms with E-state index in [2.05, 4.69) is 25.1 Å². The quantitative estimate of drug-likeness (QED) is 0.604. The van der Waals surface area contributed by atoms with Crippen molar-refractivity contribution in [1.29, 1.82) is 0 Å². The van der Waals surface area contributed by atoms with E-state index in [0.29, 0.717) is 11.5 Å². The maximum absolute atomic E-state index is 4.99. The number of nitrogens with two attached hydrogens (primary N) is 2. The molecule has 3 nitrogen and oxygen atoms in total. The van der Waals surface area contributed by atoms with E-state index < -0.39 is 0 Å². The molecule has 0 rings (SSSR count). The minimum atomic E-state index is 0.505. The van der Waals surface area contributed by atoms with Crippen molar-refractivity contribution >= 4 is 0 Å². The number of rotatable bonds is 1. The Hall–Kier alpha value is -1.38. The molecule has 0 saturated heterocycles. The van der Waals surface area contributed by atoms with E-state index >= 15 is 0 Å². The second kappa shape index (κ2) is 54.6. The second-order valence-corrected chi connectivity index (χ2v) is 2.83. The van der Waals surface area contributed by atoms with E-state index in [4.69, 9.17) is 11.5 Å². The third-order valence-corrected chi connectivity index (χ3v) is 0.321. The Labute approximate surface area is 123 Å². The SMILES string of the molecule is C=C(C)C.C=C(C)N.C=C(N)NC.CC.CC.CC. The molecule has 0 aliphatic heterocycles. The first-order valence-electron chi connectivity index (χ1n) is 6.89. The average Bonchev–Trinajstić information content (AvgIpc) is 2.35. The molecule has 5 N–H and O–H groups in total. The summed E-state index contributed by atoms with van der Waals surface area (Å²) >= 11 is 0. The predicted molar refractivity (Wildman–Crippen MR) is 95.9 cm³/mol. The van der Waals surface area contributed by atoms with Crippen molar-refractivity contribution in [2.24, 2.45) is 11.5 Å². The van der Waals surface area contributed by atoms with Gasteiger partial charge in [-0.05, 0) is 26.5 Å². The molecule has 0 aliphatic rings. The van der Waals surface area contributed by atoms with Gasteiger partial charge in [-0.25, -0.2) is 0 Å². The van der Waals surface area contributed by atoms with Crippen molar-refractivity contribution in [2.75, 3.05) is 7.05 Å². The highest BCUT2D eigenvalue weighted by Crippen LogP contribution is 1.73. The number of allylic oxidation sites excluding steroid dienone is 2. The van der Waals surface area contributed by atoms with Gasteiger partial charge in [0.25, 0.3) is 0 Å². The van der Waals surface area contributed by atoms with Crippen LogP contribution in [0.3, 0.4) is 0 Å². The summed E-state index contributed by atoms with van der Waals surface area (Å²) in [5.41, 5.74) is 11.7. The number of hydrogen-bond donors (Lipinski definition) is 3. The van der Waals surface area contributed by atoms with Gasteiger partial charge in [-0.3, -0.25) is 0 Å². The van der Waals surface area contributed by atoms with Crippen molar-refractivity contribution in [2.45, 2.75) is 62.3 Å². The van der Waals surface area contributed by atoms with Crippen LogP contribution in [0.25, 0.3) is 0 Å². The van der Waals surface area contributed by atoms with Crippen LogP contribution < -0.4 is 16.8 Å². The first kappa shape index (κ1) is 36.0. The van der Waals surface area contributed by atoms with Crippen molar-refractivity contribution in [1.82, 2.24) is 5.32 Å². The molecule has 0 aromatic rings. The fraction of sp³-hybridized carbons (Fsp3) is 0.625. The van der Waals surface area contributed by atoms with Gasteiger partial charge in [0.15, 0.2) is 0 Å². The summed E-state index contributed by atoms with van der Waals surface area (Å²) in [6.07, 6.45) is 0. The summed E-state index contributed by atoms with van der Waals surface area (Å²) < 4.78 is 0. The van der Waals surface area contributed by atoms with E-state index in [1.165, 1.54) is 5.57 Å². The highest BCUT2D eigenvalue weighted by atomic mass is 14.9. The topological polar surface area (TPSA) is 64.1 Å². The maximum atomic E-state index is 4.99. The summed E-state index contributed by atoms with van der Waals surface area (Å²) in [6, 6.07) is 0. The van der Waals surface area contributed by atoms with Crippen LogP contribution in [0.4, 0.5) is 0 Å². The lowest BCUT2D eigenvalue weighted by Gasteiger charge is -1.88. The second-order valence-electron chi connectivity index (χ2n) is 2.83. The van der Waals surface area contributed by atoms with E-state index in [1.807, 2.05) is 55.4 Å². The molecule has 0 unspecified atom stereocenters. The molecule has 120 valence electrons. The molecule has 0 heterocycles. The van der Waals surface area contributed by atoms with E-state index in [-0.39, 0.29) is 0 Å². The van der Waals surface area contributed by atoms with Crippen molar-refractivity contribution in [3.63, 3.8) is 0 Å². The van der Waals surface area contributed by atoms with Gasteiger partial charge in [-0.15, -0.1) is 6.58 Å². The van der Waals surface area contributed by atoms with Crippen LogP contribution in [0, 0.1) is 0 Å². The molecule has 3 heteroatoms. The van der Waals surface area contributed by atoms with E-state index in [9.17, 15) is 0 Å². The van der Waals surface area contributed by atoms with Crippen molar-refractivity contribution in [3.8, 4) is 0 Å². The van der Waals surface area contributed by atoms with Gasteiger partial charge in [0.05, 0.1) is 5.82 Å². The average molecular weight is 276 g/mol. The molecule has 0 saturated carbocycles. The Balaban J connectivity index is -0.0000000280. The summed E-state index contributed by atoms with van der Waals surface area (Å²) in [5, 5.41) is 2.61. The fourth-order valence-electron chi connectivity index (χ4n) is 0.